The highest BCUT2D eigenvalue weighted by Crippen LogP contribution is 3.02. The quantitative estimate of drug-likeness (QED) is 0.337. The molecule has 0 bridgehead atoms. The van der Waals surface area contributed by atoms with Gasteiger partial charge < -0.3 is 30.3 Å². The van der Waals surface area contributed by atoms with E-state index in [1.807, 2.05) is 13.0 Å². The number of hydrogen-bond donors (Lipinski definition) is 2. The van der Waals surface area contributed by atoms with Crippen LogP contribution in [0.5, 0.6) is 0 Å². The van der Waals surface area contributed by atoms with Gasteiger partial charge in [-0.3, -0.25) is 4.79 Å². The number of amides is 2. The molecule has 0 saturated carbocycles. The van der Waals surface area contributed by atoms with Crippen LogP contribution in [0, 0.1) is 0 Å². The van der Waals surface area contributed by atoms with Gasteiger partial charge in [0, 0.05) is 31.4 Å². The van der Waals surface area contributed by atoms with Crippen LogP contribution in [0.3, 0.4) is 0 Å². The molecule has 2 fully saturated rings. The van der Waals surface area contributed by atoms with Gasteiger partial charge in [0.1, 0.15) is 16.3 Å². The molecule has 3 N–H and O–H groups in total. The molecule has 240 valence electrons. The lowest BCUT2D eigenvalue weighted by molar-refractivity contribution is -0.0743. The highest BCUT2D eigenvalue weighted by atomic mass is 32.5. The van der Waals surface area contributed by atoms with Gasteiger partial charge >= 0.3 is 16.3 Å². The Kier molecular flexibility index (Phi) is 8.33. The average molecular weight is 636 g/mol. The molecule has 1 aromatic heterocycles. The zero-order chi connectivity index (χ0) is 31.9. The van der Waals surface area contributed by atoms with Crippen LogP contribution in [0.1, 0.15) is 62.4 Å². The molecule has 0 aliphatic carbocycles. The number of nitrogen functional groups attached to an aromatic ring is 1. The van der Waals surface area contributed by atoms with Gasteiger partial charge in [-0.05, 0) is 82.3 Å². The maximum absolute atomic E-state index is 13.0. The molecule has 1 aromatic carbocycles. The first kappa shape index (κ1) is 32.6. The van der Waals surface area contributed by atoms with Crippen molar-refractivity contribution >= 4 is 33.7 Å². The number of rotatable bonds is 6. The number of halogens is 5. The van der Waals surface area contributed by atoms with Crippen molar-refractivity contribution in [1.29, 1.82) is 0 Å². The minimum Gasteiger partial charge on any atom is -0.444 e. The van der Waals surface area contributed by atoms with E-state index in [1.54, 1.807) is 31.9 Å². The van der Waals surface area contributed by atoms with Gasteiger partial charge in [-0.15, -0.1) is 0 Å². The molecule has 43 heavy (non-hydrogen) atoms. The number of ether oxygens (including phenoxy) is 2. The summed E-state index contributed by atoms with van der Waals surface area (Å²) in [6.45, 7) is 8.99. The Hall–Kier alpha value is -3.33. The first-order valence-corrected chi connectivity index (χ1v) is 15.9. The summed E-state index contributed by atoms with van der Waals surface area (Å²) in [5, 5.41) is 3.34. The van der Waals surface area contributed by atoms with Crippen molar-refractivity contribution in [2.24, 2.45) is 0 Å². The molecule has 15 heteroatoms. The molecule has 2 aliphatic rings. The standard InChI is InChI=1S/C28H38F5N5O4S/c1-18-16-38(27(40)42-28(2,3)4)17-21(41-18)15-36-24-23(9-12-35-25(24)34)19-10-13-37(14-11-19)26(39)20-5-7-22(8-6-20)43(29,30,31,32)33/h5-9,12,18-19,21,36H,10-11,13-17H2,1-4H3,(H2,34,35)/t18-,21+/m1/s1. The highest BCUT2D eigenvalue weighted by Gasteiger charge is 2.65. The van der Waals surface area contributed by atoms with Crippen molar-refractivity contribution in [1.82, 2.24) is 14.8 Å². The van der Waals surface area contributed by atoms with Crippen molar-refractivity contribution in [2.45, 2.75) is 69.2 Å². The number of morpholine rings is 1. The number of nitrogens with two attached hydrogens (primary N) is 1. The van der Waals surface area contributed by atoms with Crippen LogP contribution in [0.4, 0.5) is 35.7 Å². The van der Waals surface area contributed by atoms with E-state index in [1.165, 1.54) is 4.90 Å². The largest absolute Gasteiger partial charge is 0.444 e. The monoisotopic (exact) mass is 635 g/mol. The first-order valence-electron chi connectivity index (χ1n) is 14.0. The summed E-state index contributed by atoms with van der Waals surface area (Å²) in [7, 11) is -9.82. The molecule has 4 rings (SSSR count). The maximum Gasteiger partial charge on any atom is 0.410 e. The summed E-state index contributed by atoms with van der Waals surface area (Å²) >= 11 is 0. The zero-order valence-electron chi connectivity index (χ0n) is 24.5. The fourth-order valence-electron chi connectivity index (χ4n) is 5.31. The van der Waals surface area contributed by atoms with Gasteiger partial charge in [-0.1, -0.05) is 19.4 Å². The van der Waals surface area contributed by atoms with Crippen LogP contribution in [0.15, 0.2) is 41.4 Å². The van der Waals surface area contributed by atoms with Crippen LogP contribution >= 0.6 is 10.2 Å². The van der Waals surface area contributed by atoms with E-state index in [2.05, 4.69) is 10.3 Å². The Labute approximate surface area is 247 Å². The number of likely N-dealkylation sites (tertiary alicyclic amines) is 1. The number of pyridine rings is 1. The second kappa shape index (κ2) is 11.0. The number of carbonyl (C=O) groups is 2. The molecule has 0 radical (unpaired) electrons. The Bertz CT molecular complexity index is 1350. The van der Waals surface area contributed by atoms with Crippen molar-refractivity contribution in [3.05, 3.63) is 47.7 Å². The third-order valence-electron chi connectivity index (χ3n) is 7.27. The summed E-state index contributed by atoms with van der Waals surface area (Å²) in [6, 6.07) is 3.92. The lowest BCUT2D eigenvalue weighted by Gasteiger charge is -2.40. The third-order valence-corrected chi connectivity index (χ3v) is 8.43. The molecule has 2 aliphatic heterocycles. The van der Waals surface area contributed by atoms with Crippen molar-refractivity contribution < 1.29 is 38.5 Å². The first-order chi connectivity index (χ1) is 19.7. The number of nitrogens with zero attached hydrogens (tertiary/aromatic N) is 3. The van der Waals surface area contributed by atoms with Crippen molar-refractivity contribution in [2.75, 3.05) is 43.8 Å². The predicted octanol–water partition coefficient (Wildman–Crippen LogP) is 6.78. The van der Waals surface area contributed by atoms with E-state index in [4.69, 9.17) is 15.2 Å². The molecule has 2 atom stereocenters. The zero-order valence-corrected chi connectivity index (χ0v) is 25.3. The Morgan fingerprint density at radius 1 is 1.05 bits per heavy atom. The Balaban J connectivity index is 1.38. The lowest BCUT2D eigenvalue weighted by Crippen LogP contribution is -2.52. The minimum atomic E-state index is -9.82. The third kappa shape index (κ3) is 8.40. The molecule has 9 nitrogen and oxygen atoms in total. The summed E-state index contributed by atoms with van der Waals surface area (Å²) in [4.78, 5) is 30.8. The van der Waals surface area contributed by atoms with Crippen molar-refractivity contribution in [3.63, 3.8) is 0 Å². The van der Waals surface area contributed by atoms with Gasteiger partial charge in [0.15, 0.2) is 0 Å². The number of hydrogen-bond acceptors (Lipinski definition) is 7. The molecule has 2 aromatic rings. The van der Waals surface area contributed by atoms with E-state index >= 15 is 0 Å². The second-order valence-electron chi connectivity index (χ2n) is 12.1. The number of carbonyl (C=O) groups excluding carboxylic acids is 2. The highest BCUT2D eigenvalue weighted by molar-refractivity contribution is 8.45. The van der Waals surface area contributed by atoms with E-state index in [9.17, 15) is 29.0 Å². The van der Waals surface area contributed by atoms with Gasteiger partial charge in [-0.2, -0.15) is 0 Å². The normalized spacial score (nSPS) is 22.0. The fraction of sp³-hybridized carbons (Fsp3) is 0.536. The Morgan fingerprint density at radius 3 is 2.26 bits per heavy atom. The minimum absolute atomic E-state index is 0.00296. The Morgan fingerprint density at radius 2 is 1.67 bits per heavy atom. The topological polar surface area (TPSA) is 110 Å². The molecule has 2 saturated heterocycles. The number of benzene rings is 1. The van der Waals surface area contributed by atoms with Crippen LogP contribution < -0.4 is 11.1 Å². The summed E-state index contributed by atoms with van der Waals surface area (Å²) < 4.78 is 76.8. The van der Waals surface area contributed by atoms with Gasteiger partial charge in [0.2, 0.25) is 0 Å². The van der Waals surface area contributed by atoms with Crippen LogP contribution in [-0.2, 0) is 9.47 Å². The summed E-state index contributed by atoms with van der Waals surface area (Å²) in [5.41, 5.74) is 7.04. The van der Waals surface area contributed by atoms with Crippen LogP contribution in [0.2, 0.25) is 0 Å². The summed E-state index contributed by atoms with van der Waals surface area (Å²) in [5.74, 6) is -0.248. The second-order valence-corrected chi connectivity index (χ2v) is 14.5. The van der Waals surface area contributed by atoms with Gasteiger partial charge in [0.05, 0.1) is 31.0 Å². The van der Waals surface area contributed by atoms with Gasteiger partial charge in [0.25, 0.3) is 5.91 Å². The maximum atomic E-state index is 13.0. The predicted molar refractivity (Wildman–Crippen MR) is 155 cm³/mol. The fourth-order valence-corrected chi connectivity index (χ4v) is 5.96. The van der Waals surface area contributed by atoms with E-state index in [-0.39, 0.29) is 41.6 Å². The van der Waals surface area contributed by atoms with Crippen LogP contribution in [0.25, 0.3) is 0 Å². The lowest BCUT2D eigenvalue weighted by atomic mass is 9.88. The molecular formula is C28H38F5N5O4S. The molecule has 0 spiro atoms. The molecule has 0 unspecified atom stereocenters. The smallest absolute Gasteiger partial charge is 0.410 e. The van der Waals surface area contributed by atoms with Crippen LogP contribution in [-0.4, -0.2) is 77.3 Å². The van der Waals surface area contributed by atoms with Gasteiger partial charge in [-0.25, -0.2) is 9.78 Å². The van der Waals surface area contributed by atoms with E-state index < -0.39 is 32.7 Å². The number of aromatic nitrogens is 1. The van der Waals surface area contributed by atoms with E-state index in [0.717, 1.165) is 17.7 Å². The molecule has 2 amide bonds. The summed E-state index contributed by atoms with van der Waals surface area (Å²) in [6.07, 6.45) is 1.72. The van der Waals surface area contributed by atoms with E-state index in [0.29, 0.717) is 51.3 Å². The number of piperidine rings is 1. The molecule has 3 heterocycles. The molecular weight excluding hydrogens is 597 g/mol. The van der Waals surface area contributed by atoms with Crippen molar-refractivity contribution in [3.8, 4) is 0 Å². The average Bonchev–Trinajstić information content (AvgIpc) is 2.89. The SMILES string of the molecule is C[C@@H]1CN(C(=O)OC(C)(C)C)C[C@H](CNc2c(C3CCN(C(=O)c4ccc(S(F)(F)(F)(F)F)cc4)CC3)ccnc2N)O1. The number of anilines is 2. The number of nitrogens with one attached hydrogen (secondary N) is 1.